The highest BCUT2D eigenvalue weighted by Crippen LogP contribution is 1.91. The van der Waals surface area contributed by atoms with Gasteiger partial charge in [0.15, 0.2) is 0 Å². The molecule has 0 atom stereocenters. The van der Waals surface area contributed by atoms with Crippen molar-refractivity contribution in [1.29, 1.82) is 0 Å². The minimum absolute atomic E-state index is 0.0278. The van der Waals surface area contributed by atoms with Gasteiger partial charge < -0.3 is 29.9 Å². The summed E-state index contributed by atoms with van der Waals surface area (Å²) in [6, 6.07) is 0. The summed E-state index contributed by atoms with van der Waals surface area (Å²) in [6.45, 7) is 6.72. The molecule has 0 saturated carbocycles. The Bertz CT molecular complexity index is 112. The number of ether oxygens (including phenoxy) is 2. The summed E-state index contributed by atoms with van der Waals surface area (Å²) in [7, 11) is 0. The van der Waals surface area contributed by atoms with Gasteiger partial charge in [-0.15, -0.1) is 0 Å². The zero-order valence-electron chi connectivity index (χ0n) is 13.1. The fraction of sp³-hybridized carbons (Fsp3) is 1.00. The molecule has 4 N–H and O–H groups in total. The van der Waals surface area contributed by atoms with Crippen molar-refractivity contribution in [2.75, 3.05) is 52.9 Å². The van der Waals surface area contributed by atoms with Crippen LogP contribution in [-0.2, 0) is 9.47 Å². The van der Waals surface area contributed by atoms with Crippen LogP contribution in [0.1, 0.15) is 39.5 Å². The van der Waals surface area contributed by atoms with Crippen LogP contribution in [0.3, 0.4) is 0 Å². The Kier molecular flexibility index (Phi) is 38.7. The molecule has 0 unspecified atom stereocenters. The first-order valence-electron chi connectivity index (χ1n) is 7.33. The first-order valence-corrected chi connectivity index (χ1v) is 7.33. The van der Waals surface area contributed by atoms with Crippen molar-refractivity contribution in [3.63, 3.8) is 0 Å². The molecular formula is C14H34O6. The molecule has 0 fully saturated rings. The Balaban J connectivity index is -0.000000234. The van der Waals surface area contributed by atoms with Crippen LogP contribution in [-0.4, -0.2) is 73.3 Å². The summed E-state index contributed by atoms with van der Waals surface area (Å²) < 4.78 is 9.95. The smallest absolute Gasteiger partial charge is 0.0698 e. The summed E-state index contributed by atoms with van der Waals surface area (Å²) in [5, 5.41) is 31.4. The maximum absolute atomic E-state index is 8.09. The van der Waals surface area contributed by atoms with E-state index in [-0.39, 0.29) is 26.4 Å². The van der Waals surface area contributed by atoms with E-state index in [0.717, 1.165) is 13.2 Å². The third kappa shape index (κ3) is 43.1. The van der Waals surface area contributed by atoms with Gasteiger partial charge in [-0.3, -0.25) is 0 Å². The van der Waals surface area contributed by atoms with E-state index >= 15 is 0 Å². The van der Waals surface area contributed by atoms with Gasteiger partial charge >= 0.3 is 0 Å². The Labute approximate surface area is 123 Å². The molecule has 0 aromatic heterocycles. The number of hydrogen-bond donors (Lipinski definition) is 4. The second-order valence-corrected chi connectivity index (χ2v) is 3.83. The van der Waals surface area contributed by atoms with Gasteiger partial charge in [0.25, 0.3) is 0 Å². The van der Waals surface area contributed by atoms with E-state index in [9.17, 15) is 0 Å². The van der Waals surface area contributed by atoms with Gasteiger partial charge in [0, 0.05) is 13.2 Å². The number of unbranched alkanes of at least 4 members (excludes halogenated alkanes) is 2. The summed E-state index contributed by atoms with van der Waals surface area (Å²) in [5.74, 6) is 0. The van der Waals surface area contributed by atoms with E-state index in [1.807, 2.05) is 0 Å². The molecule has 0 aromatic carbocycles. The lowest BCUT2D eigenvalue weighted by molar-refractivity contribution is 0.0650. The number of aliphatic hydroxyl groups is 4. The molecule has 6 nitrogen and oxygen atoms in total. The van der Waals surface area contributed by atoms with Crippen molar-refractivity contribution < 1.29 is 29.9 Å². The molecule has 0 aliphatic carbocycles. The van der Waals surface area contributed by atoms with Gasteiger partial charge in [-0.1, -0.05) is 26.7 Å². The molecule has 0 aliphatic rings. The average molecular weight is 298 g/mol. The monoisotopic (exact) mass is 298 g/mol. The molecule has 20 heavy (non-hydrogen) atoms. The highest BCUT2D eigenvalue weighted by atomic mass is 16.5. The number of rotatable bonds is 11. The molecule has 0 radical (unpaired) electrons. The predicted octanol–water partition coefficient (Wildman–Crippen LogP) is 0.562. The molecule has 0 saturated heterocycles. The normalized spacial score (nSPS) is 9.30. The highest BCUT2D eigenvalue weighted by molar-refractivity contribution is 4.33. The van der Waals surface area contributed by atoms with Gasteiger partial charge in [-0.2, -0.15) is 0 Å². The molecule has 0 spiro atoms. The summed E-state index contributed by atoms with van der Waals surface area (Å²) in [5.41, 5.74) is 0. The van der Waals surface area contributed by atoms with Crippen molar-refractivity contribution in [3.05, 3.63) is 0 Å². The fourth-order valence-corrected chi connectivity index (χ4v) is 0.826. The van der Waals surface area contributed by atoms with Crippen LogP contribution in [0.15, 0.2) is 0 Å². The van der Waals surface area contributed by atoms with Gasteiger partial charge in [0.2, 0.25) is 0 Å². The van der Waals surface area contributed by atoms with Crippen molar-refractivity contribution in [1.82, 2.24) is 0 Å². The Morgan fingerprint density at radius 2 is 0.900 bits per heavy atom. The lowest BCUT2D eigenvalue weighted by Gasteiger charge is -1.99. The quantitative estimate of drug-likeness (QED) is 0.416. The number of hydrogen-bond acceptors (Lipinski definition) is 6. The largest absolute Gasteiger partial charge is 0.394 e. The minimum atomic E-state index is -0.125. The van der Waals surface area contributed by atoms with Crippen LogP contribution >= 0.6 is 0 Å². The van der Waals surface area contributed by atoms with Gasteiger partial charge in [0.05, 0.1) is 39.6 Å². The zero-order chi connectivity index (χ0) is 15.9. The van der Waals surface area contributed by atoms with Crippen LogP contribution < -0.4 is 0 Å². The lowest BCUT2D eigenvalue weighted by atomic mass is 10.3. The van der Waals surface area contributed by atoms with E-state index in [1.165, 1.54) is 25.7 Å². The standard InChI is InChI=1S/C8H18O.C4H10O3.C2H6O2/c1-3-5-7-9-8-6-4-2;5-1-3-7-4-2-6;3-1-2-4/h3-8H2,1-2H3;5-6H,1-4H2;3-4H,1-2H2. The zero-order valence-corrected chi connectivity index (χ0v) is 13.1. The van der Waals surface area contributed by atoms with Crippen LogP contribution in [0.2, 0.25) is 0 Å². The van der Waals surface area contributed by atoms with E-state index in [0.29, 0.717) is 13.2 Å². The topological polar surface area (TPSA) is 99.4 Å². The third-order valence-electron chi connectivity index (χ3n) is 1.86. The third-order valence-corrected chi connectivity index (χ3v) is 1.86. The first-order chi connectivity index (χ1) is 9.74. The number of aliphatic hydroxyl groups excluding tert-OH is 4. The Morgan fingerprint density at radius 1 is 0.550 bits per heavy atom. The van der Waals surface area contributed by atoms with E-state index in [2.05, 4.69) is 18.6 Å². The molecule has 0 amide bonds. The van der Waals surface area contributed by atoms with Crippen molar-refractivity contribution in [2.45, 2.75) is 39.5 Å². The summed E-state index contributed by atoms with van der Waals surface area (Å²) >= 11 is 0. The lowest BCUT2D eigenvalue weighted by Crippen LogP contribution is -2.03. The Hall–Kier alpha value is -0.240. The van der Waals surface area contributed by atoms with Crippen LogP contribution in [0, 0.1) is 0 Å². The molecule has 0 rings (SSSR count). The highest BCUT2D eigenvalue weighted by Gasteiger charge is 1.84. The predicted molar refractivity (Wildman–Crippen MR) is 79.8 cm³/mol. The molecule has 0 aliphatic heterocycles. The van der Waals surface area contributed by atoms with E-state index in [4.69, 9.17) is 25.2 Å². The molecule has 0 heterocycles. The second-order valence-electron chi connectivity index (χ2n) is 3.83. The molecule has 0 bridgehead atoms. The molecular weight excluding hydrogens is 264 g/mol. The van der Waals surface area contributed by atoms with Gasteiger partial charge in [0.1, 0.15) is 0 Å². The van der Waals surface area contributed by atoms with Crippen LogP contribution in [0.25, 0.3) is 0 Å². The molecule has 0 aromatic rings. The first kappa shape index (κ1) is 24.8. The fourth-order valence-electron chi connectivity index (χ4n) is 0.826. The van der Waals surface area contributed by atoms with E-state index in [1.54, 1.807) is 0 Å². The maximum Gasteiger partial charge on any atom is 0.0698 e. The van der Waals surface area contributed by atoms with Crippen molar-refractivity contribution in [2.24, 2.45) is 0 Å². The van der Waals surface area contributed by atoms with Gasteiger partial charge in [-0.25, -0.2) is 0 Å². The van der Waals surface area contributed by atoms with Crippen LogP contribution in [0.5, 0.6) is 0 Å². The SMILES string of the molecule is CCCCOCCCC.OCCO.OCCOCCO. The summed E-state index contributed by atoms with van der Waals surface area (Å²) in [4.78, 5) is 0. The second kappa shape index (κ2) is 31.3. The molecule has 126 valence electrons. The van der Waals surface area contributed by atoms with Crippen molar-refractivity contribution >= 4 is 0 Å². The average Bonchev–Trinajstić information content (AvgIpc) is 2.49. The molecule has 6 heteroatoms. The van der Waals surface area contributed by atoms with E-state index < -0.39 is 0 Å². The minimum Gasteiger partial charge on any atom is -0.394 e. The van der Waals surface area contributed by atoms with Crippen molar-refractivity contribution in [3.8, 4) is 0 Å². The van der Waals surface area contributed by atoms with Gasteiger partial charge in [-0.05, 0) is 12.8 Å². The summed E-state index contributed by atoms with van der Waals surface area (Å²) in [6.07, 6.45) is 4.91. The Morgan fingerprint density at radius 3 is 1.15 bits per heavy atom. The van der Waals surface area contributed by atoms with Crippen LogP contribution in [0.4, 0.5) is 0 Å². The maximum atomic E-state index is 8.09.